The molecule has 0 aromatic heterocycles. The van der Waals surface area contributed by atoms with Crippen LogP contribution in [0.4, 0.5) is 0 Å². The van der Waals surface area contributed by atoms with Gasteiger partial charge in [-0.2, -0.15) is 5.26 Å². The lowest BCUT2D eigenvalue weighted by atomic mass is 10.0. The lowest BCUT2D eigenvalue weighted by Gasteiger charge is -2.08. The largest absolute Gasteiger partial charge is 0.469 e. The van der Waals surface area contributed by atoms with Crippen molar-refractivity contribution < 1.29 is 17.9 Å². The number of hydrogen-bond donors (Lipinski definition) is 1. The van der Waals surface area contributed by atoms with Crippen LogP contribution < -0.4 is 4.72 Å². The number of sulfonamides is 1. The fourth-order valence-electron chi connectivity index (χ4n) is 2.19. The first-order chi connectivity index (χ1) is 12.0. The fraction of sp³-hybridized carbons (Fsp3) is 0.222. The van der Waals surface area contributed by atoms with Gasteiger partial charge in [-0.3, -0.25) is 4.79 Å². The molecule has 0 heterocycles. The van der Waals surface area contributed by atoms with Crippen LogP contribution in [0.1, 0.15) is 18.4 Å². The zero-order valence-corrected chi connectivity index (χ0v) is 14.5. The summed E-state index contributed by atoms with van der Waals surface area (Å²) in [5.74, 6) is -0.369. The number of carbonyl (C=O) groups excluding carboxylic acids is 1. The SMILES string of the molecule is COC(=O)CCCNS(=O)(=O)c1ccc(-c2ccc(C#N)cc2)cc1. The van der Waals surface area contributed by atoms with Crippen LogP contribution in [0.3, 0.4) is 0 Å². The third kappa shape index (κ3) is 5.14. The Balaban J connectivity index is 2.02. The van der Waals surface area contributed by atoms with E-state index < -0.39 is 10.0 Å². The minimum absolute atomic E-state index is 0.156. The second-order valence-corrected chi connectivity index (χ2v) is 7.06. The molecular weight excluding hydrogens is 340 g/mol. The number of nitrogens with one attached hydrogen (secondary N) is 1. The summed E-state index contributed by atoms with van der Waals surface area (Å²) in [5.41, 5.74) is 2.32. The summed E-state index contributed by atoms with van der Waals surface area (Å²) >= 11 is 0. The van der Waals surface area contributed by atoms with Gasteiger partial charge in [0.1, 0.15) is 0 Å². The Bertz CT molecular complexity index is 867. The van der Waals surface area contributed by atoms with E-state index in [4.69, 9.17) is 5.26 Å². The normalized spacial score (nSPS) is 10.9. The van der Waals surface area contributed by atoms with Gasteiger partial charge < -0.3 is 4.74 Å². The molecule has 0 saturated heterocycles. The monoisotopic (exact) mass is 358 g/mol. The van der Waals surface area contributed by atoms with Crippen molar-refractivity contribution in [2.24, 2.45) is 0 Å². The van der Waals surface area contributed by atoms with E-state index in [0.29, 0.717) is 12.0 Å². The van der Waals surface area contributed by atoms with Crippen molar-refractivity contribution in [2.75, 3.05) is 13.7 Å². The molecule has 2 rings (SSSR count). The third-order valence-corrected chi connectivity index (χ3v) is 5.07. The summed E-state index contributed by atoms with van der Waals surface area (Å²) in [7, 11) is -2.33. The van der Waals surface area contributed by atoms with Crippen molar-refractivity contribution in [1.29, 1.82) is 5.26 Å². The summed E-state index contributed by atoms with van der Waals surface area (Å²) in [6.45, 7) is 0.162. The van der Waals surface area contributed by atoms with Crippen LogP contribution in [0.2, 0.25) is 0 Å². The number of rotatable bonds is 7. The van der Waals surface area contributed by atoms with E-state index in [2.05, 4.69) is 15.5 Å². The molecule has 0 aliphatic heterocycles. The molecule has 2 aromatic carbocycles. The Morgan fingerprint density at radius 1 is 1.08 bits per heavy atom. The Labute approximate surface area is 147 Å². The van der Waals surface area contributed by atoms with Crippen molar-refractivity contribution in [3.63, 3.8) is 0 Å². The highest BCUT2D eigenvalue weighted by atomic mass is 32.2. The molecule has 1 N–H and O–H groups in total. The topological polar surface area (TPSA) is 96.3 Å². The molecule has 0 fully saturated rings. The first kappa shape index (κ1) is 18.6. The second kappa shape index (κ2) is 8.42. The van der Waals surface area contributed by atoms with Gasteiger partial charge in [-0.05, 0) is 41.8 Å². The molecule has 0 aliphatic rings. The lowest BCUT2D eigenvalue weighted by Crippen LogP contribution is -2.25. The highest BCUT2D eigenvalue weighted by Gasteiger charge is 2.13. The minimum atomic E-state index is -3.62. The van der Waals surface area contributed by atoms with Crippen molar-refractivity contribution in [3.8, 4) is 17.2 Å². The highest BCUT2D eigenvalue weighted by molar-refractivity contribution is 7.89. The zero-order valence-electron chi connectivity index (χ0n) is 13.7. The maximum absolute atomic E-state index is 12.2. The number of methoxy groups -OCH3 is 1. The van der Waals surface area contributed by atoms with Gasteiger partial charge in [0.25, 0.3) is 0 Å². The number of esters is 1. The summed E-state index contributed by atoms with van der Waals surface area (Å²) in [5, 5.41) is 8.81. The summed E-state index contributed by atoms with van der Waals surface area (Å²) in [4.78, 5) is 11.2. The predicted molar refractivity (Wildman–Crippen MR) is 93.0 cm³/mol. The van der Waals surface area contributed by atoms with Crippen LogP contribution in [0.25, 0.3) is 11.1 Å². The fourth-order valence-corrected chi connectivity index (χ4v) is 3.26. The zero-order chi connectivity index (χ0) is 18.3. The molecule has 0 unspecified atom stereocenters. The number of ether oxygens (including phenoxy) is 1. The van der Waals surface area contributed by atoms with Crippen molar-refractivity contribution in [2.45, 2.75) is 17.7 Å². The van der Waals surface area contributed by atoms with Crippen LogP contribution in [0, 0.1) is 11.3 Å². The van der Waals surface area contributed by atoms with Crippen molar-refractivity contribution >= 4 is 16.0 Å². The lowest BCUT2D eigenvalue weighted by molar-refractivity contribution is -0.140. The minimum Gasteiger partial charge on any atom is -0.469 e. The Morgan fingerprint density at radius 2 is 1.64 bits per heavy atom. The van der Waals surface area contributed by atoms with E-state index in [1.54, 1.807) is 24.3 Å². The van der Waals surface area contributed by atoms with E-state index in [9.17, 15) is 13.2 Å². The van der Waals surface area contributed by atoms with Crippen LogP contribution in [-0.2, 0) is 19.6 Å². The maximum Gasteiger partial charge on any atom is 0.305 e. The van der Waals surface area contributed by atoms with Gasteiger partial charge in [0, 0.05) is 13.0 Å². The van der Waals surface area contributed by atoms with E-state index >= 15 is 0 Å². The molecule has 6 nitrogen and oxygen atoms in total. The molecule has 130 valence electrons. The molecule has 0 aliphatic carbocycles. The molecular formula is C18H18N2O4S. The predicted octanol–water partition coefficient (Wildman–Crippen LogP) is 2.46. The van der Waals surface area contributed by atoms with Crippen LogP contribution in [0.15, 0.2) is 53.4 Å². The Morgan fingerprint density at radius 3 is 2.16 bits per heavy atom. The van der Waals surface area contributed by atoms with Crippen molar-refractivity contribution in [1.82, 2.24) is 4.72 Å². The van der Waals surface area contributed by atoms with Crippen LogP contribution in [0.5, 0.6) is 0 Å². The van der Waals surface area contributed by atoms with Gasteiger partial charge in [-0.25, -0.2) is 13.1 Å². The third-order valence-electron chi connectivity index (χ3n) is 3.59. The summed E-state index contributed by atoms with van der Waals surface area (Å²) in [6.07, 6.45) is 0.534. The highest BCUT2D eigenvalue weighted by Crippen LogP contribution is 2.21. The molecule has 25 heavy (non-hydrogen) atoms. The number of carbonyl (C=O) groups is 1. The van der Waals surface area contributed by atoms with Gasteiger partial charge in [-0.15, -0.1) is 0 Å². The van der Waals surface area contributed by atoms with Gasteiger partial charge in [0.15, 0.2) is 0 Å². The first-order valence-electron chi connectivity index (χ1n) is 7.63. The standard InChI is InChI=1S/C18H18N2O4S/c1-24-18(21)3-2-12-20-25(22,23)17-10-8-16(9-11-17)15-6-4-14(13-19)5-7-15/h4-11,20H,2-3,12H2,1H3. The molecule has 0 atom stereocenters. The molecule has 7 heteroatoms. The maximum atomic E-state index is 12.2. The molecule has 2 aromatic rings. The molecule has 0 bridgehead atoms. The van der Waals surface area contributed by atoms with E-state index in [0.717, 1.165) is 11.1 Å². The van der Waals surface area contributed by atoms with E-state index in [-0.39, 0.29) is 23.8 Å². The second-order valence-electron chi connectivity index (χ2n) is 5.29. The Hall–Kier alpha value is -2.69. The average molecular weight is 358 g/mol. The number of nitriles is 1. The number of benzene rings is 2. The average Bonchev–Trinajstić information content (AvgIpc) is 2.65. The number of hydrogen-bond acceptors (Lipinski definition) is 5. The number of nitrogens with zero attached hydrogens (tertiary/aromatic N) is 1. The Kier molecular flexibility index (Phi) is 6.28. The van der Waals surface area contributed by atoms with Crippen LogP contribution in [-0.4, -0.2) is 28.0 Å². The smallest absolute Gasteiger partial charge is 0.305 e. The quantitative estimate of drug-likeness (QED) is 0.606. The van der Waals surface area contributed by atoms with Gasteiger partial charge in [-0.1, -0.05) is 24.3 Å². The molecule has 0 amide bonds. The van der Waals surface area contributed by atoms with Crippen LogP contribution >= 0.6 is 0 Å². The summed E-state index contributed by atoms with van der Waals surface area (Å²) in [6, 6.07) is 15.6. The first-order valence-corrected chi connectivity index (χ1v) is 9.11. The van der Waals surface area contributed by atoms with E-state index in [1.807, 2.05) is 12.1 Å². The van der Waals surface area contributed by atoms with E-state index in [1.165, 1.54) is 19.2 Å². The van der Waals surface area contributed by atoms with Crippen molar-refractivity contribution in [3.05, 3.63) is 54.1 Å². The van der Waals surface area contributed by atoms with Gasteiger partial charge >= 0.3 is 5.97 Å². The van der Waals surface area contributed by atoms with Gasteiger partial charge in [0.05, 0.1) is 23.6 Å². The summed E-state index contributed by atoms with van der Waals surface area (Å²) < 4.78 is 31.4. The molecule has 0 spiro atoms. The van der Waals surface area contributed by atoms with Gasteiger partial charge in [0.2, 0.25) is 10.0 Å². The molecule has 0 saturated carbocycles. The molecule has 0 radical (unpaired) electrons.